The van der Waals surface area contributed by atoms with Crippen LogP contribution < -0.4 is 0 Å². The van der Waals surface area contributed by atoms with E-state index < -0.39 is 5.97 Å². The van der Waals surface area contributed by atoms with Crippen LogP contribution in [0.15, 0.2) is 0 Å². The molecule has 0 aliphatic carbocycles. The highest BCUT2D eigenvalue weighted by atomic mass is 16.4. The number of carboxylic acids is 1. The zero-order valence-corrected chi connectivity index (χ0v) is 6.69. The summed E-state index contributed by atoms with van der Waals surface area (Å²) in [6.45, 7) is 2.35. The monoisotopic (exact) mass is 167 g/mol. The Hall–Kier alpha value is -1.39. The van der Waals surface area contributed by atoms with Crippen molar-refractivity contribution >= 4 is 5.97 Å². The van der Waals surface area contributed by atoms with Crippen LogP contribution in [-0.4, -0.2) is 25.8 Å². The van der Waals surface area contributed by atoms with Crippen LogP contribution in [0.2, 0.25) is 0 Å². The van der Waals surface area contributed by atoms with Crippen LogP contribution >= 0.6 is 0 Å². The average Bonchev–Trinajstić information content (AvgIpc) is 2.53. The molecule has 1 N–H and O–H groups in total. The molecular weight excluding hydrogens is 158 g/mol. The minimum absolute atomic E-state index is 0.311. The lowest BCUT2D eigenvalue weighted by atomic mass is 10.1. The molecule has 1 aliphatic rings. The number of fused-ring (bicyclic) bond motifs is 1. The van der Waals surface area contributed by atoms with E-state index in [0.717, 1.165) is 11.6 Å². The highest BCUT2D eigenvalue weighted by Gasteiger charge is 2.29. The number of aliphatic carboxylic acids is 1. The van der Waals surface area contributed by atoms with E-state index in [-0.39, 0.29) is 5.92 Å². The third-order valence-corrected chi connectivity index (χ3v) is 2.19. The van der Waals surface area contributed by atoms with Crippen LogP contribution in [-0.2, 0) is 17.8 Å². The zero-order chi connectivity index (χ0) is 8.72. The van der Waals surface area contributed by atoms with E-state index in [1.165, 1.54) is 0 Å². The maximum absolute atomic E-state index is 10.6. The van der Waals surface area contributed by atoms with E-state index in [1.807, 2.05) is 11.5 Å². The smallest absolute Gasteiger partial charge is 0.308 e. The molecule has 0 aromatic carbocycles. The van der Waals surface area contributed by atoms with Gasteiger partial charge in [-0.15, -0.1) is 10.2 Å². The van der Waals surface area contributed by atoms with Crippen molar-refractivity contribution in [1.29, 1.82) is 0 Å². The summed E-state index contributed by atoms with van der Waals surface area (Å²) in [5, 5.41) is 16.5. The van der Waals surface area contributed by atoms with Crippen molar-refractivity contribution in [3.05, 3.63) is 11.6 Å². The Bertz CT molecular complexity index is 331. The summed E-state index contributed by atoms with van der Waals surface area (Å²) in [6, 6.07) is 0. The molecule has 0 unspecified atom stereocenters. The fourth-order valence-electron chi connectivity index (χ4n) is 1.48. The molecule has 1 aliphatic heterocycles. The molecule has 1 aromatic heterocycles. The first-order valence-electron chi connectivity index (χ1n) is 3.80. The summed E-state index contributed by atoms with van der Waals surface area (Å²) in [4.78, 5) is 10.6. The molecule has 64 valence electrons. The third kappa shape index (κ3) is 0.895. The number of hydrogen-bond acceptors (Lipinski definition) is 3. The maximum atomic E-state index is 10.6. The molecule has 1 atom stereocenters. The van der Waals surface area contributed by atoms with E-state index in [4.69, 9.17) is 5.11 Å². The van der Waals surface area contributed by atoms with Crippen LogP contribution in [0.3, 0.4) is 0 Å². The topological polar surface area (TPSA) is 68.0 Å². The summed E-state index contributed by atoms with van der Waals surface area (Å²) in [5.74, 6) is 0.530. The van der Waals surface area contributed by atoms with E-state index in [9.17, 15) is 4.79 Å². The van der Waals surface area contributed by atoms with Crippen LogP contribution in [0.4, 0.5) is 0 Å². The van der Waals surface area contributed by atoms with Crippen molar-refractivity contribution in [2.45, 2.75) is 19.9 Å². The Labute approximate surface area is 69.0 Å². The zero-order valence-electron chi connectivity index (χ0n) is 6.69. The van der Waals surface area contributed by atoms with Crippen molar-refractivity contribution in [2.75, 3.05) is 0 Å². The molecule has 2 heterocycles. The van der Waals surface area contributed by atoms with Crippen LogP contribution in [0.25, 0.3) is 0 Å². The van der Waals surface area contributed by atoms with Gasteiger partial charge in [0.25, 0.3) is 0 Å². The minimum Gasteiger partial charge on any atom is -0.481 e. The molecule has 0 saturated carbocycles. The predicted octanol–water partition coefficient (Wildman–Crippen LogP) is -0.157. The fraction of sp³-hybridized carbons (Fsp3) is 0.571. The minimum atomic E-state index is -0.750. The van der Waals surface area contributed by atoms with Gasteiger partial charge in [0.2, 0.25) is 0 Å². The van der Waals surface area contributed by atoms with Crippen molar-refractivity contribution in [1.82, 2.24) is 14.8 Å². The Morgan fingerprint density at radius 1 is 1.67 bits per heavy atom. The Kier molecular flexibility index (Phi) is 1.39. The summed E-state index contributed by atoms with van der Waals surface area (Å²) >= 11 is 0. The second-order valence-corrected chi connectivity index (χ2v) is 3.01. The summed E-state index contributed by atoms with van der Waals surface area (Å²) in [5.41, 5.74) is 0. The molecule has 0 fully saturated rings. The first kappa shape index (κ1) is 7.27. The van der Waals surface area contributed by atoms with Gasteiger partial charge in [0, 0.05) is 13.0 Å². The standard InChI is InChI=1S/C7H9N3O2/c1-4-8-9-6-2-5(7(11)12)3-10(4)6/h5H,2-3H2,1H3,(H,11,12)/t5-/m0/s1. The van der Waals surface area contributed by atoms with Gasteiger partial charge in [-0.25, -0.2) is 0 Å². The molecule has 5 nitrogen and oxygen atoms in total. The number of carboxylic acid groups (broad SMARTS) is 1. The normalized spacial score (nSPS) is 20.9. The molecule has 0 radical (unpaired) electrons. The van der Waals surface area contributed by atoms with Gasteiger partial charge in [-0.1, -0.05) is 0 Å². The number of aryl methyl sites for hydroxylation is 1. The lowest BCUT2D eigenvalue weighted by Gasteiger charge is -2.00. The Morgan fingerprint density at radius 3 is 3.00 bits per heavy atom. The van der Waals surface area contributed by atoms with Crippen molar-refractivity contribution in [3.8, 4) is 0 Å². The number of carbonyl (C=O) groups is 1. The molecule has 2 rings (SSSR count). The van der Waals surface area contributed by atoms with Crippen molar-refractivity contribution < 1.29 is 9.90 Å². The van der Waals surface area contributed by atoms with Gasteiger partial charge in [0.1, 0.15) is 11.6 Å². The van der Waals surface area contributed by atoms with Gasteiger partial charge >= 0.3 is 5.97 Å². The van der Waals surface area contributed by atoms with E-state index in [2.05, 4.69) is 10.2 Å². The molecular formula is C7H9N3O2. The van der Waals surface area contributed by atoms with Gasteiger partial charge in [-0.05, 0) is 6.92 Å². The van der Waals surface area contributed by atoms with Crippen LogP contribution in [0.1, 0.15) is 11.6 Å². The molecule has 12 heavy (non-hydrogen) atoms. The van der Waals surface area contributed by atoms with Crippen molar-refractivity contribution in [2.24, 2.45) is 5.92 Å². The van der Waals surface area contributed by atoms with Gasteiger partial charge in [-0.2, -0.15) is 0 Å². The average molecular weight is 167 g/mol. The van der Waals surface area contributed by atoms with E-state index in [1.54, 1.807) is 0 Å². The predicted molar refractivity (Wildman–Crippen MR) is 39.6 cm³/mol. The van der Waals surface area contributed by atoms with Gasteiger partial charge in [-0.3, -0.25) is 4.79 Å². The number of aromatic nitrogens is 3. The van der Waals surface area contributed by atoms with Crippen molar-refractivity contribution in [3.63, 3.8) is 0 Å². The SMILES string of the molecule is Cc1nnc2n1C[C@@H](C(=O)O)C2. The van der Waals surface area contributed by atoms with E-state index >= 15 is 0 Å². The molecule has 0 spiro atoms. The first-order valence-corrected chi connectivity index (χ1v) is 3.80. The second kappa shape index (κ2) is 2.30. The van der Waals surface area contributed by atoms with Gasteiger partial charge in [0.05, 0.1) is 5.92 Å². The Morgan fingerprint density at radius 2 is 2.42 bits per heavy atom. The number of nitrogens with zero attached hydrogens (tertiary/aromatic N) is 3. The second-order valence-electron chi connectivity index (χ2n) is 3.01. The molecule has 1 aromatic rings. The van der Waals surface area contributed by atoms with Gasteiger partial charge < -0.3 is 9.67 Å². The summed E-state index contributed by atoms with van der Waals surface area (Å²) in [6.07, 6.45) is 0.510. The van der Waals surface area contributed by atoms with E-state index in [0.29, 0.717) is 13.0 Å². The Balaban J connectivity index is 2.28. The maximum Gasteiger partial charge on any atom is 0.308 e. The van der Waals surface area contributed by atoms with Gasteiger partial charge in [0.15, 0.2) is 0 Å². The molecule has 0 amide bonds. The number of hydrogen-bond donors (Lipinski definition) is 1. The number of rotatable bonds is 1. The largest absolute Gasteiger partial charge is 0.481 e. The lowest BCUT2D eigenvalue weighted by Crippen LogP contribution is -2.15. The van der Waals surface area contributed by atoms with Crippen LogP contribution in [0.5, 0.6) is 0 Å². The third-order valence-electron chi connectivity index (χ3n) is 2.19. The molecule has 0 bridgehead atoms. The quantitative estimate of drug-likeness (QED) is 0.631. The summed E-state index contributed by atoms with van der Waals surface area (Å²) < 4.78 is 1.86. The molecule has 5 heteroatoms. The highest BCUT2D eigenvalue weighted by Crippen LogP contribution is 2.19. The summed E-state index contributed by atoms with van der Waals surface area (Å²) in [7, 11) is 0. The van der Waals surface area contributed by atoms with Crippen LogP contribution in [0, 0.1) is 12.8 Å². The fourth-order valence-corrected chi connectivity index (χ4v) is 1.48. The first-order chi connectivity index (χ1) is 5.68. The lowest BCUT2D eigenvalue weighted by molar-refractivity contribution is -0.141. The molecule has 0 saturated heterocycles. The highest BCUT2D eigenvalue weighted by molar-refractivity contribution is 5.70.